The summed E-state index contributed by atoms with van der Waals surface area (Å²) >= 11 is 0. The normalized spacial score (nSPS) is 31.7. The SMILES string of the molecule is CC(C)(C)OC(=O)N1CC[C@@H](C(=O)O)[C@H]2C[C@H]21. The Labute approximate surface area is 101 Å². The Bertz CT molecular complexity index is 347. The molecule has 2 aliphatic rings. The van der Waals surface area contributed by atoms with E-state index in [1.54, 1.807) is 4.90 Å². The van der Waals surface area contributed by atoms with Crippen LogP contribution in [0.3, 0.4) is 0 Å². The van der Waals surface area contributed by atoms with Gasteiger partial charge < -0.3 is 14.7 Å². The van der Waals surface area contributed by atoms with Crippen molar-refractivity contribution in [3.8, 4) is 0 Å². The van der Waals surface area contributed by atoms with Crippen LogP contribution < -0.4 is 0 Å². The summed E-state index contributed by atoms with van der Waals surface area (Å²) in [5.41, 5.74) is -0.495. The average molecular weight is 241 g/mol. The van der Waals surface area contributed by atoms with E-state index in [0.717, 1.165) is 6.42 Å². The third-order valence-corrected chi connectivity index (χ3v) is 3.35. The number of nitrogens with zero attached hydrogens (tertiary/aromatic N) is 1. The molecule has 1 N–H and O–H groups in total. The van der Waals surface area contributed by atoms with Gasteiger partial charge in [-0.15, -0.1) is 0 Å². The van der Waals surface area contributed by atoms with Gasteiger partial charge in [-0.1, -0.05) is 0 Å². The summed E-state index contributed by atoms with van der Waals surface area (Å²) in [5, 5.41) is 9.01. The van der Waals surface area contributed by atoms with E-state index in [1.165, 1.54) is 0 Å². The molecule has 0 bridgehead atoms. The number of hydrogen-bond acceptors (Lipinski definition) is 3. The van der Waals surface area contributed by atoms with Crippen molar-refractivity contribution >= 4 is 12.1 Å². The van der Waals surface area contributed by atoms with Crippen LogP contribution in [0.4, 0.5) is 4.79 Å². The van der Waals surface area contributed by atoms with Gasteiger partial charge in [0, 0.05) is 12.6 Å². The number of ether oxygens (including phenoxy) is 1. The molecule has 1 aliphatic carbocycles. The summed E-state index contributed by atoms with van der Waals surface area (Å²) in [5.74, 6) is -0.881. The zero-order valence-corrected chi connectivity index (χ0v) is 10.5. The summed E-state index contributed by atoms with van der Waals surface area (Å²) in [6.07, 6.45) is 1.03. The Hall–Kier alpha value is -1.26. The first-order chi connectivity index (χ1) is 7.79. The smallest absolute Gasteiger partial charge is 0.410 e. The number of fused-ring (bicyclic) bond motifs is 1. The number of piperidine rings is 1. The molecule has 1 aliphatic heterocycles. The van der Waals surface area contributed by atoms with Gasteiger partial charge in [0.05, 0.1) is 5.92 Å². The minimum absolute atomic E-state index is 0.0831. The van der Waals surface area contributed by atoms with Crippen LogP contribution in [-0.2, 0) is 9.53 Å². The highest BCUT2D eigenvalue weighted by molar-refractivity contribution is 5.74. The summed E-state index contributed by atoms with van der Waals surface area (Å²) < 4.78 is 5.31. The van der Waals surface area contributed by atoms with Crippen molar-refractivity contribution in [1.82, 2.24) is 4.90 Å². The monoisotopic (exact) mass is 241 g/mol. The van der Waals surface area contributed by atoms with Crippen molar-refractivity contribution in [2.75, 3.05) is 6.54 Å². The summed E-state index contributed by atoms with van der Waals surface area (Å²) in [4.78, 5) is 24.5. The Balaban J connectivity index is 1.95. The molecule has 0 aromatic heterocycles. The first-order valence-corrected chi connectivity index (χ1v) is 6.02. The molecule has 0 unspecified atom stereocenters. The Morgan fingerprint density at radius 3 is 2.53 bits per heavy atom. The fourth-order valence-electron chi connectivity index (χ4n) is 2.50. The predicted molar refractivity (Wildman–Crippen MR) is 60.6 cm³/mol. The molecule has 2 fully saturated rings. The number of amides is 1. The summed E-state index contributed by atoms with van der Waals surface area (Å²) in [6.45, 7) is 5.99. The quantitative estimate of drug-likeness (QED) is 0.759. The molecule has 3 atom stereocenters. The molecule has 1 amide bonds. The van der Waals surface area contributed by atoms with Gasteiger partial charge in [0.15, 0.2) is 0 Å². The second kappa shape index (κ2) is 3.89. The van der Waals surface area contributed by atoms with Crippen LogP contribution in [0.1, 0.15) is 33.6 Å². The largest absolute Gasteiger partial charge is 0.481 e. The van der Waals surface area contributed by atoms with E-state index in [0.29, 0.717) is 13.0 Å². The van der Waals surface area contributed by atoms with Crippen LogP contribution in [0.25, 0.3) is 0 Å². The number of carbonyl (C=O) groups excluding carboxylic acids is 1. The molecule has 0 radical (unpaired) electrons. The number of carboxylic acid groups (broad SMARTS) is 1. The Morgan fingerprint density at radius 2 is 2.00 bits per heavy atom. The lowest BCUT2D eigenvalue weighted by Gasteiger charge is -2.31. The molecule has 5 nitrogen and oxygen atoms in total. The molecule has 96 valence electrons. The standard InChI is InChI=1S/C12H19NO4/c1-12(2,3)17-11(16)13-5-4-7(10(14)15)8-6-9(8)13/h7-9H,4-6H2,1-3H3,(H,14,15)/t7-,8-,9-/m1/s1. The van der Waals surface area contributed by atoms with Crippen LogP contribution in [-0.4, -0.2) is 40.3 Å². The van der Waals surface area contributed by atoms with Gasteiger partial charge in [0.25, 0.3) is 0 Å². The first-order valence-electron chi connectivity index (χ1n) is 6.02. The Morgan fingerprint density at radius 1 is 1.35 bits per heavy atom. The third-order valence-electron chi connectivity index (χ3n) is 3.35. The zero-order chi connectivity index (χ0) is 12.8. The van der Waals surface area contributed by atoms with Crippen LogP contribution in [0, 0.1) is 11.8 Å². The molecule has 17 heavy (non-hydrogen) atoms. The fourth-order valence-corrected chi connectivity index (χ4v) is 2.50. The number of hydrogen-bond donors (Lipinski definition) is 1. The lowest BCUT2D eigenvalue weighted by molar-refractivity contribution is -0.143. The predicted octanol–water partition coefficient (Wildman–Crippen LogP) is 1.72. The van der Waals surface area contributed by atoms with Crippen LogP contribution in [0.2, 0.25) is 0 Å². The molecular weight excluding hydrogens is 222 g/mol. The number of likely N-dealkylation sites (tertiary alicyclic amines) is 1. The lowest BCUT2D eigenvalue weighted by atomic mass is 9.96. The van der Waals surface area contributed by atoms with E-state index in [9.17, 15) is 9.59 Å². The van der Waals surface area contributed by atoms with Crippen molar-refractivity contribution in [1.29, 1.82) is 0 Å². The lowest BCUT2D eigenvalue weighted by Crippen LogP contribution is -2.44. The number of carboxylic acids is 1. The minimum atomic E-state index is -0.735. The van der Waals surface area contributed by atoms with Crippen LogP contribution in [0.15, 0.2) is 0 Å². The first kappa shape index (κ1) is 12.2. The maximum absolute atomic E-state index is 11.9. The van der Waals surface area contributed by atoms with Gasteiger partial charge in [-0.2, -0.15) is 0 Å². The van der Waals surface area contributed by atoms with Gasteiger partial charge in [0.1, 0.15) is 5.60 Å². The minimum Gasteiger partial charge on any atom is -0.481 e. The van der Waals surface area contributed by atoms with Gasteiger partial charge in [0.2, 0.25) is 0 Å². The molecule has 0 aromatic carbocycles. The van der Waals surface area contributed by atoms with Crippen molar-refractivity contribution in [3.63, 3.8) is 0 Å². The maximum atomic E-state index is 11.9. The van der Waals surface area contributed by atoms with E-state index >= 15 is 0 Å². The van der Waals surface area contributed by atoms with Crippen molar-refractivity contribution in [2.24, 2.45) is 11.8 Å². The third kappa shape index (κ3) is 2.53. The van der Waals surface area contributed by atoms with Gasteiger partial charge in [-0.3, -0.25) is 4.79 Å². The van der Waals surface area contributed by atoms with Gasteiger partial charge >= 0.3 is 12.1 Å². The molecule has 0 spiro atoms. The molecule has 1 saturated heterocycles. The van der Waals surface area contributed by atoms with E-state index < -0.39 is 11.6 Å². The highest BCUT2D eigenvalue weighted by Gasteiger charge is 2.54. The van der Waals surface area contributed by atoms with Crippen molar-refractivity contribution in [3.05, 3.63) is 0 Å². The van der Waals surface area contributed by atoms with Crippen LogP contribution in [0.5, 0.6) is 0 Å². The highest BCUT2D eigenvalue weighted by Crippen LogP contribution is 2.47. The molecule has 1 heterocycles. The van der Waals surface area contributed by atoms with Crippen molar-refractivity contribution in [2.45, 2.75) is 45.3 Å². The summed E-state index contributed by atoms with van der Waals surface area (Å²) in [6, 6.07) is 0.0831. The number of carbonyl (C=O) groups is 2. The molecule has 0 aromatic rings. The van der Waals surface area contributed by atoms with E-state index in [1.807, 2.05) is 20.8 Å². The molecule has 1 saturated carbocycles. The topological polar surface area (TPSA) is 66.8 Å². The maximum Gasteiger partial charge on any atom is 0.410 e. The van der Waals surface area contributed by atoms with E-state index in [4.69, 9.17) is 9.84 Å². The molecular formula is C12H19NO4. The summed E-state index contributed by atoms with van der Waals surface area (Å²) in [7, 11) is 0. The average Bonchev–Trinajstić information content (AvgIpc) is 2.91. The molecule has 2 rings (SSSR count). The Kier molecular flexibility index (Phi) is 2.79. The number of aliphatic carboxylic acids is 1. The van der Waals surface area contributed by atoms with Crippen molar-refractivity contribution < 1.29 is 19.4 Å². The van der Waals surface area contributed by atoms with E-state index in [-0.39, 0.29) is 24.0 Å². The van der Waals surface area contributed by atoms with Crippen LogP contribution >= 0.6 is 0 Å². The zero-order valence-electron chi connectivity index (χ0n) is 10.5. The second-order valence-corrected chi connectivity index (χ2v) is 5.87. The second-order valence-electron chi connectivity index (χ2n) is 5.87. The van der Waals surface area contributed by atoms with Gasteiger partial charge in [-0.25, -0.2) is 4.79 Å². The van der Waals surface area contributed by atoms with E-state index in [2.05, 4.69) is 0 Å². The molecule has 5 heteroatoms. The fraction of sp³-hybridized carbons (Fsp3) is 0.833. The van der Waals surface area contributed by atoms with Gasteiger partial charge in [-0.05, 0) is 39.5 Å². The highest BCUT2D eigenvalue weighted by atomic mass is 16.6. The number of rotatable bonds is 1.